The van der Waals surface area contributed by atoms with Crippen molar-refractivity contribution in [1.29, 1.82) is 0 Å². The molecule has 1 amide bonds. The highest BCUT2D eigenvalue weighted by molar-refractivity contribution is 9.10. The molecule has 0 aliphatic carbocycles. The molecule has 2 heterocycles. The molecule has 0 atom stereocenters. The van der Waals surface area contributed by atoms with Gasteiger partial charge in [0.1, 0.15) is 5.75 Å². The fourth-order valence-corrected chi connectivity index (χ4v) is 3.35. The zero-order chi connectivity index (χ0) is 20.5. The van der Waals surface area contributed by atoms with Crippen LogP contribution in [0.25, 0.3) is 0 Å². The van der Waals surface area contributed by atoms with Crippen molar-refractivity contribution in [2.24, 2.45) is 7.05 Å². The van der Waals surface area contributed by atoms with E-state index in [2.05, 4.69) is 31.4 Å². The molecule has 0 aliphatic heterocycles. The minimum absolute atomic E-state index is 0.332. The molecule has 7 nitrogen and oxygen atoms in total. The van der Waals surface area contributed by atoms with Crippen LogP contribution in [0.2, 0.25) is 0 Å². The minimum Gasteiger partial charge on any atom is -0.497 e. The quantitative estimate of drug-likeness (QED) is 0.633. The third-order valence-corrected chi connectivity index (χ3v) is 4.59. The van der Waals surface area contributed by atoms with Gasteiger partial charge in [-0.3, -0.25) is 14.2 Å². The Hall–Kier alpha value is -2.82. The third-order valence-electron chi connectivity index (χ3n) is 3.84. The number of alkyl halides is 3. The molecule has 0 saturated heterocycles. The first kappa shape index (κ1) is 19.9. The van der Waals surface area contributed by atoms with E-state index in [-0.39, 0.29) is 5.69 Å². The Morgan fingerprint density at radius 3 is 2.75 bits per heavy atom. The number of benzene rings is 1. The monoisotopic (exact) mass is 457 g/mol. The molecule has 0 fully saturated rings. The van der Waals surface area contributed by atoms with Gasteiger partial charge >= 0.3 is 6.18 Å². The van der Waals surface area contributed by atoms with Gasteiger partial charge < -0.3 is 10.1 Å². The standard InChI is InChI=1S/C17H15BrF3N5O2/c1-25-15(17(19,20)21)13(18)14(24-25)16(27)23-11-7-22-26(9-11)8-10-4-3-5-12(6-10)28-2/h3-7,9H,8H2,1-2H3,(H,23,27). The molecular formula is C17H15BrF3N5O2. The summed E-state index contributed by atoms with van der Waals surface area (Å²) in [6, 6.07) is 7.41. The second kappa shape index (κ2) is 7.66. The van der Waals surface area contributed by atoms with Gasteiger partial charge in [0.25, 0.3) is 5.91 Å². The highest BCUT2D eigenvalue weighted by atomic mass is 79.9. The van der Waals surface area contributed by atoms with E-state index >= 15 is 0 Å². The average molecular weight is 458 g/mol. The van der Waals surface area contributed by atoms with E-state index in [4.69, 9.17) is 4.74 Å². The number of anilines is 1. The van der Waals surface area contributed by atoms with E-state index in [1.807, 2.05) is 24.3 Å². The van der Waals surface area contributed by atoms with Crippen molar-refractivity contribution >= 4 is 27.5 Å². The maximum absolute atomic E-state index is 13.0. The molecule has 0 bridgehead atoms. The lowest BCUT2D eigenvalue weighted by atomic mass is 10.2. The van der Waals surface area contributed by atoms with Crippen molar-refractivity contribution in [3.8, 4) is 5.75 Å². The Bertz CT molecular complexity index is 1010. The van der Waals surface area contributed by atoms with Crippen LogP contribution in [-0.4, -0.2) is 32.6 Å². The minimum atomic E-state index is -4.64. The molecule has 0 radical (unpaired) electrons. The number of carbonyl (C=O) groups excluding carboxylic acids is 1. The third kappa shape index (κ3) is 4.19. The molecule has 11 heteroatoms. The van der Waals surface area contributed by atoms with E-state index in [0.29, 0.717) is 22.7 Å². The highest BCUT2D eigenvalue weighted by Crippen LogP contribution is 2.36. The van der Waals surface area contributed by atoms with E-state index in [0.717, 1.165) is 12.6 Å². The van der Waals surface area contributed by atoms with Crippen molar-refractivity contribution in [2.45, 2.75) is 12.7 Å². The Morgan fingerprint density at radius 1 is 1.36 bits per heavy atom. The van der Waals surface area contributed by atoms with Crippen molar-refractivity contribution in [3.63, 3.8) is 0 Å². The van der Waals surface area contributed by atoms with Crippen LogP contribution in [0.5, 0.6) is 5.75 Å². The van der Waals surface area contributed by atoms with Gasteiger partial charge in [-0.05, 0) is 33.6 Å². The summed E-state index contributed by atoms with van der Waals surface area (Å²) in [7, 11) is 2.69. The summed E-state index contributed by atoms with van der Waals surface area (Å²) in [5.74, 6) is -0.0717. The summed E-state index contributed by atoms with van der Waals surface area (Å²) < 4.78 is 46.0. The van der Waals surface area contributed by atoms with Gasteiger partial charge in [0.05, 0.1) is 30.0 Å². The molecule has 0 unspecified atom stereocenters. The predicted molar refractivity (Wildman–Crippen MR) is 98.2 cm³/mol. The molecule has 1 aromatic carbocycles. The molecule has 0 aliphatic rings. The molecule has 0 spiro atoms. The Morgan fingerprint density at radius 2 is 2.11 bits per heavy atom. The largest absolute Gasteiger partial charge is 0.497 e. The number of methoxy groups -OCH3 is 1. The maximum Gasteiger partial charge on any atom is 0.434 e. The summed E-state index contributed by atoms with van der Waals surface area (Å²) in [5, 5.41) is 10.3. The van der Waals surface area contributed by atoms with Crippen LogP contribution in [0.1, 0.15) is 21.7 Å². The number of hydrogen-bond acceptors (Lipinski definition) is 4. The summed E-state index contributed by atoms with van der Waals surface area (Å²) in [6.45, 7) is 0.429. The van der Waals surface area contributed by atoms with Crippen molar-refractivity contribution < 1.29 is 22.7 Å². The zero-order valence-corrected chi connectivity index (χ0v) is 16.4. The number of ether oxygens (including phenoxy) is 1. The van der Waals surface area contributed by atoms with Crippen molar-refractivity contribution in [3.05, 3.63) is 58.1 Å². The fourth-order valence-electron chi connectivity index (χ4n) is 2.61. The van der Waals surface area contributed by atoms with Gasteiger partial charge in [0.15, 0.2) is 11.4 Å². The number of rotatable bonds is 5. The predicted octanol–water partition coefficient (Wildman–Crippen LogP) is 3.71. The second-order valence-electron chi connectivity index (χ2n) is 5.86. The maximum atomic E-state index is 13.0. The van der Waals surface area contributed by atoms with Gasteiger partial charge in [0, 0.05) is 13.2 Å². The number of aromatic nitrogens is 4. The second-order valence-corrected chi connectivity index (χ2v) is 6.66. The summed E-state index contributed by atoms with van der Waals surface area (Å²) in [4.78, 5) is 12.3. The van der Waals surface area contributed by atoms with E-state index in [1.54, 1.807) is 18.0 Å². The van der Waals surface area contributed by atoms with Gasteiger partial charge in [0.2, 0.25) is 0 Å². The van der Waals surface area contributed by atoms with Crippen LogP contribution in [-0.2, 0) is 19.8 Å². The average Bonchev–Trinajstić information content (AvgIpc) is 3.18. The van der Waals surface area contributed by atoms with Crippen molar-refractivity contribution in [1.82, 2.24) is 19.6 Å². The number of hydrogen-bond donors (Lipinski definition) is 1. The lowest BCUT2D eigenvalue weighted by Crippen LogP contribution is -2.13. The zero-order valence-electron chi connectivity index (χ0n) is 14.8. The number of amides is 1. The molecule has 3 rings (SSSR count). The number of halogens is 4. The van der Waals surface area contributed by atoms with Crippen LogP contribution < -0.4 is 10.1 Å². The van der Waals surface area contributed by atoms with E-state index < -0.39 is 22.3 Å². The summed E-state index contributed by atoms with van der Waals surface area (Å²) in [5.41, 5.74) is -0.136. The van der Waals surface area contributed by atoms with Gasteiger partial charge in [-0.25, -0.2) is 0 Å². The number of nitrogens with zero attached hydrogens (tertiary/aromatic N) is 4. The van der Waals surface area contributed by atoms with E-state index in [9.17, 15) is 18.0 Å². The molecular weight excluding hydrogens is 443 g/mol. The molecule has 2 aromatic heterocycles. The van der Waals surface area contributed by atoms with Crippen LogP contribution in [0.4, 0.5) is 18.9 Å². The highest BCUT2D eigenvalue weighted by Gasteiger charge is 2.39. The molecule has 3 aromatic rings. The molecule has 28 heavy (non-hydrogen) atoms. The van der Waals surface area contributed by atoms with Crippen LogP contribution in [0, 0.1) is 0 Å². The lowest BCUT2D eigenvalue weighted by molar-refractivity contribution is -0.144. The fraction of sp³-hybridized carbons (Fsp3) is 0.235. The molecule has 148 valence electrons. The Labute approximate surface area is 166 Å². The first-order valence-corrected chi connectivity index (χ1v) is 8.74. The Kier molecular flexibility index (Phi) is 5.45. The summed E-state index contributed by atoms with van der Waals surface area (Å²) >= 11 is 2.82. The number of nitrogens with one attached hydrogen (secondary N) is 1. The smallest absolute Gasteiger partial charge is 0.434 e. The number of aryl methyl sites for hydroxylation is 1. The first-order valence-electron chi connectivity index (χ1n) is 7.95. The number of carbonyl (C=O) groups is 1. The van der Waals surface area contributed by atoms with E-state index in [1.165, 1.54) is 6.20 Å². The molecule has 0 saturated carbocycles. The van der Waals surface area contributed by atoms with Gasteiger partial charge in [-0.2, -0.15) is 23.4 Å². The lowest BCUT2D eigenvalue weighted by Gasteiger charge is -2.06. The van der Waals surface area contributed by atoms with Gasteiger partial charge in [-0.15, -0.1) is 0 Å². The normalized spacial score (nSPS) is 11.5. The van der Waals surface area contributed by atoms with Crippen LogP contribution >= 0.6 is 15.9 Å². The van der Waals surface area contributed by atoms with Crippen molar-refractivity contribution in [2.75, 3.05) is 12.4 Å². The first-order chi connectivity index (χ1) is 13.2. The summed E-state index contributed by atoms with van der Waals surface area (Å²) in [6.07, 6.45) is -1.67. The molecule has 1 N–H and O–H groups in total. The SMILES string of the molecule is COc1cccc(Cn2cc(NC(=O)c3nn(C)c(C(F)(F)F)c3Br)cn2)c1. The van der Waals surface area contributed by atoms with Crippen LogP contribution in [0.3, 0.4) is 0 Å². The van der Waals surface area contributed by atoms with Crippen LogP contribution in [0.15, 0.2) is 41.1 Å². The topological polar surface area (TPSA) is 74.0 Å². The van der Waals surface area contributed by atoms with Gasteiger partial charge in [-0.1, -0.05) is 12.1 Å². The Balaban J connectivity index is 1.74.